The zero-order valence-electron chi connectivity index (χ0n) is 15.9. The van der Waals surface area contributed by atoms with Gasteiger partial charge in [0.25, 0.3) is 0 Å². The van der Waals surface area contributed by atoms with Gasteiger partial charge in [-0.15, -0.1) is 0 Å². The van der Waals surface area contributed by atoms with Crippen molar-refractivity contribution in [3.8, 4) is 0 Å². The smallest absolute Gasteiger partial charge is 0.414 e. The largest absolute Gasteiger partial charge is 0.473 e. The molecule has 2 atom stereocenters. The number of nitrogens with zero attached hydrogens (tertiary/aromatic N) is 1. The molecule has 2 unspecified atom stereocenters. The van der Waals surface area contributed by atoms with E-state index < -0.39 is 18.0 Å². The Bertz CT molecular complexity index is 635. The van der Waals surface area contributed by atoms with Gasteiger partial charge >= 0.3 is 11.9 Å². The molecule has 1 aromatic rings. The molecule has 1 rings (SSSR count). The maximum atomic E-state index is 12.0. The highest BCUT2D eigenvalue weighted by Gasteiger charge is 2.15. The molecule has 0 aromatic heterocycles. The van der Waals surface area contributed by atoms with Crippen LogP contribution in [0, 0.1) is 0 Å². The van der Waals surface area contributed by atoms with Crippen LogP contribution in [0.2, 0.25) is 0 Å². The summed E-state index contributed by atoms with van der Waals surface area (Å²) in [6, 6.07) is 9.63. The van der Waals surface area contributed by atoms with Crippen molar-refractivity contribution in [3.63, 3.8) is 0 Å². The van der Waals surface area contributed by atoms with E-state index in [2.05, 4.69) is 10.3 Å². The number of carboxylic acid groups (broad SMARTS) is 2. The Morgan fingerprint density at radius 1 is 1.07 bits per heavy atom. The lowest BCUT2D eigenvalue weighted by Crippen LogP contribution is -2.45. The molecule has 0 fully saturated rings. The molecule has 0 aliphatic heterocycles. The Morgan fingerprint density at radius 3 is 2.14 bits per heavy atom. The monoisotopic (exact) mass is 395 g/mol. The Hall–Kier alpha value is -3.14. The molecule has 0 aliphatic rings. The number of rotatable bonds is 9. The first kappa shape index (κ1) is 24.9. The van der Waals surface area contributed by atoms with Gasteiger partial charge in [-0.2, -0.15) is 0 Å². The average molecular weight is 395 g/mol. The number of benzene rings is 1. The van der Waals surface area contributed by atoms with Crippen LogP contribution in [-0.2, 0) is 20.8 Å². The Balaban J connectivity index is 0.00000105. The van der Waals surface area contributed by atoms with E-state index in [0.717, 1.165) is 19.3 Å². The molecule has 0 heterocycles. The summed E-state index contributed by atoms with van der Waals surface area (Å²) in [4.78, 5) is 34.1. The number of aliphatic imine (C=N–C) groups is 1. The van der Waals surface area contributed by atoms with Gasteiger partial charge < -0.3 is 32.7 Å². The van der Waals surface area contributed by atoms with Crippen molar-refractivity contribution in [3.05, 3.63) is 35.9 Å². The quantitative estimate of drug-likeness (QED) is 0.141. The fourth-order valence-corrected chi connectivity index (χ4v) is 2.18. The molecular weight excluding hydrogens is 366 g/mol. The van der Waals surface area contributed by atoms with Crippen LogP contribution in [0.25, 0.3) is 0 Å². The number of unbranched alkanes of at least 4 members (excludes halogenated alkanes) is 1. The minimum atomic E-state index is -1.82. The van der Waals surface area contributed by atoms with Crippen LogP contribution < -0.4 is 22.5 Å². The predicted octanol–water partition coefficient (Wildman–Crippen LogP) is -0.340. The van der Waals surface area contributed by atoms with Crippen LogP contribution in [0.3, 0.4) is 0 Å². The van der Waals surface area contributed by atoms with E-state index in [1.165, 1.54) is 5.56 Å². The highest BCUT2D eigenvalue weighted by molar-refractivity contribution is 6.27. The number of carboxylic acids is 2. The minimum absolute atomic E-state index is 0.0580. The first-order valence-electron chi connectivity index (χ1n) is 8.75. The SMILES string of the molecule is CC(Cc1ccccc1)NC(=O)C(N)CCCCN=C(N)N.O=C(O)C(=O)O. The summed E-state index contributed by atoms with van der Waals surface area (Å²) in [5, 5.41) is 17.7. The van der Waals surface area contributed by atoms with Crippen molar-refractivity contribution < 1.29 is 24.6 Å². The standard InChI is InChI=1S/C16H27N5O.C2H2O4/c1-12(11-13-7-3-2-4-8-13)21-15(22)14(17)9-5-6-10-20-16(18)19;3-1(4)2(5)6/h2-4,7-8,12,14H,5-6,9-11,17H2,1H3,(H,21,22)(H4,18,19,20);(H,3,4)(H,5,6). The second-order valence-electron chi connectivity index (χ2n) is 6.12. The third-order valence-electron chi connectivity index (χ3n) is 3.51. The summed E-state index contributed by atoms with van der Waals surface area (Å²) >= 11 is 0. The second kappa shape index (κ2) is 14.0. The number of nitrogens with one attached hydrogen (secondary N) is 1. The van der Waals surface area contributed by atoms with Crippen molar-refractivity contribution >= 4 is 23.8 Å². The third-order valence-corrected chi connectivity index (χ3v) is 3.51. The molecular formula is C18H29N5O5. The fourth-order valence-electron chi connectivity index (χ4n) is 2.18. The molecule has 0 spiro atoms. The highest BCUT2D eigenvalue weighted by atomic mass is 16.4. The second-order valence-corrected chi connectivity index (χ2v) is 6.12. The van der Waals surface area contributed by atoms with Gasteiger partial charge in [-0.3, -0.25) is 9.79 Å². The predicted molar refractivity (Wildman–Crippen MR) is 106 cm³/mol. The van der Waals surface area contributed by atoms with Crippen LogP contribution in [0.1, 0.15) is 31.7 Å². The van der Waals surface area contributed by atoms with Gasteiger partial charge in [-0.05, 0) is 38.2 Å². The molecule has 0 saturated heterocycles. The molecule has 10 nitrogen and oxygen atoms in total. The van der Waals surface area contributed by atoms with Crippen LogP contribution in [0.5, 0.6) is 0 Å². The van der Waals surface area contributed by atoms with Crippen LogP contribution in [0.15, 0.2) is 35.3 Å². The molecule has 0 radical (unpaired) electrons. The zero-order valence-corrected chi connectivity index (χ0v) is 15.9. The van der Waals surface area contributed by atoms with Gasteiger partial charge in [0.2, 0.25) is 5.91 Å². The topological polar surface area (TPSA) is 194 Å². The van der Waals surface area contributed by atoms with E-state index in [-0.39, 0.29) is 17.9 Å². The summed E-state index contributed by atoms with van der Waals surface area (Å²) in [5.41, 5.74) is 17.6. The normalized spacial score (nSPS) is 11.9. The lowest BCUT2D eigenvalue weighted by Gasteiger charge is -2.17. The number of nitrogens with two attached hydrogens (primary N) is 3. The van der Waals surface area contributed by atoms with E-state index in [1.54, 1.807) is 0 Å². The molecule has 0 bridgehead atoms. The molecule has 10 heteroatoms. The van der Waals surface area contributed by atoms with Crippen molar-refractivity contribution in [1.29, 1.82) is 0 Å². The summed E-state index contributed by atoms with van der Waals surface area (Å²) < 4.78 is 0. The maximum absolute atomic E-state index is 12.0. The first-order valence-corrected chi connectivity index (χ1v) is 8.75. The lowest BCUT2D eigenvalue weighted by atomic mass is 10.1. The maximum Gasteiger partial charge on any atom is 0.414 e. The number of hydrogen-bond donors (Lipinski definition) is 6. The van der Waals surface area contributed by atoms with E-state index in [1.807, 2.05) is 37.3 Å². The van der Waals surface area contributed by atoms with Crippen molar-refractivity contribution in [2.24, 2.45) is 22.2 Å². The minimum Gasteiger partial charge on any atom is -0.473 e. The number of carbonyl (C=O) groups excluding carboxylic acids is 1. The summed E-state index contributed by atoms with van der Waals surface area (Å²) in [6.45, 7) is 2.55. The Morgan fingerprint density at radius 2 is 1.64 bits per heavy atom. The number of hydrogen-bond acceptors (Lipinski definition) is 5. The van der Waals surface area contributed by atoms with Crippen molar-refractivity contribution in [1.82, 2.24) is 5.32 Å². The highest BCUT2D eigenvalue weighted by Crippen LogP contribution is 2.04. The molecule has 156 valence electrons. The summed E-state index contributed by atoms with van der Waals surface area (Å²) in [7, 11) is 0. The van der Waals surface area contributed by atoms with Gasteiger partial charge in [0.1, 0.15) is 0 Å². The Kier molecular flexibility index (Phi) is 12.4. The summed E-state index contributed by atoms with van der Waals surface area (Å²) in [6.07, 6.45) is 3.06. The van der Waals surface area contributed by atoms with E-state index in [4.69, 9.17) is 37.0 Å². The third kappa shape index (κ3) is 13.1. The van der Waals surface area contributed by atoms with Crippen molar-refractivity contribution in [2.45, 2.75) is 44.7 Å². The molecule has 0 saturated carbocycles. The fraction of sp³-hybridized carbons (Fsp3) is 0.444. The summed E-state index contributed by atoms with van der Waals surface area (Å²) in [5.74, 6) is -3.66. The lowest BCUT2D eigenvalue weighted by molar-refractivity contribution is -0.159. The van der Waals surface area contributed by atoms with Gasteiger partial charge in [0.05, 0.1) is 6.04 Å². The van der Waals surface area contributed by atoms with Crippen LogP contribution in [-0.4, -0.2) is 52.6 Å². The molecule has 9 N–H and O–H groups in total. The Labute approximate surface area is 163 Å². The molecule has 1 amide bonds. The van der Waals surface area contributed by atoms with Gasteiger partial charge in [-0.25, -0.2) is 9.59 Å². The van der Waals surface area contributed by atoms with Gasteiger partial charge in [0, 0.05) is 12.6 Å². The van der Waals surface area contributed by atoms with Crippen LogP contribution >= 0.6 is 0 Å². The van der Waals surface area contributed by atoms with Crippen LogP contribution in [0.4, 0.5) is 0 Å². The number of guanidine groups is 1. The number of aliphatic carboxylic acids is 2. The van der Waals surface area contributed by atoms with Gasteiger partial charge in [0.15, 0.2) is 5.96 Å². The van der Waals surface area contributed by atoms with E-state index in [9.17, 15) is 4.79 Å². The zero-order chi connectivity index (χ0) is 21.5. The molecule has 1 aromatic carbocycles. The molecule has 28 heavy (non-hydrogen) atoms. The van der Waals surface area contributed by atoms with E-state index >= 15 is 0 Å². The van der Waals surface area contributed by atoms with Gasteiger partial charge in [-0.1, -0.05) is 30.3 Å². The first-order chi connectivity index (χ1) is 13.1. The molecule has 0 aliphatic carbocycles. The average Bonchev–Trinajstić information content (AvgIpc) is 2.62. The number of amides is 1. The number of carbonyl (C=O) groups is 3. The van der Waals surface area contributed by atoms with Crippen molar-refractivity contribution in [2.75, 3.05) is 6.54 Å². The van der Waals surface area contributed by atoms with E-state index in [0.29, 0.717) is 13.0 Å².